The van der Waals surface area contributed by atoms with Crippen LogP contribution in [0.15, 0.2) is 40.8 Å². The second kappa shape index (κ2) is 5.54. The minimum absolute atomic E-state index is 0.196. The van der Waals surface area contributed by atoms with Crippen LogP contribution in [0.25, 0.3) is 21.9 Å². The molecule has 1 heterocycles. The van der Waals surface area contributed by atoms with Crippen LogP contribution in [0.2, 0.25) is 0 Å². The standard InChI is InChI=1S/C20H20N2O2/c1-23-17-7-6-15(20(12-21)10-8-13(22)9-11-20)18-14-4-2-3-5-16(14)24-19(17)18/h2-7,13H,8-11,22H2,1H3. The normalized spacial score (nSPS) is 24.1. The van der Waals surface area contributed by atoms with Crippen molar-refractivity contribution in [3.05, 3.63) is 42.0 Å². The highest BCUT2D eigenvalue weighted by Gasteiger charge is 2.38. The predicted molar refractivity (Wildman–Crippen MR) is 94.0 cm³/mol. The van der Waals surface area contributed by atoms with Crippen LogP contribution in [-0.4, -0.2) is 13.2 Å². The van der Waals surface area contributed by atoms with Crippen molar-refractivity contribution in [3.63, 3.8) is 0 Å². The van der Waals surface area contributed by atoms with Crippen LogP contribution in [0.4, 0.5) is 0 Å². The lowest BCUT2D eigenvalue weighted by Crippen LogP contribution is -2.36. The van der Waals surface area contributed by atoms with Gasteiger partial charge < -0.3 is 14.9 Å². The Bertz CT molecular complexity index is 943. The molecule has 1 fully saturated rings. The van der Waals surface area contributed by atoms with Crippen LogP contribution in [0, 0.1) is 11.3 Å². The predicted octanol–water partition coefficient (Wildman–Crippen LogP) is 4.26. The fraction of sp³-hybridized carbons (Fsp3) is 0.350. The molecule has 1 aliphatic rings. The van der Waals surface area contributed by atoms with E-state index in [-0.39, 0.29) is 6.04 Å². The first kappa shape index (κ1) is 15.0. The van der Waals surface area contributed by atoms with Gasteiger partial charge in [0, 0.05) is 16.8 Å². The summed E-state index contributed by atoms with van der Waals surface area (Å²) in [4.78, 5) is 0. The van der Waals surface area contributed by atoms with Gasteiger partial charge in [-0.05, 0) is 43.4 Å². The first-order valence-electron chi connectivity index (χ1n) is 8.34. The largest absolute Gasteiger partial charge is 0.493 e. The number of rotatable bonds is 2. The van der Waals surface area contributed by atoms with Crippen LogP contribution in [0.3, 0.4) is 0 Å². The molecule has 0 saturated heterocycles. The van der Waals surface area contributed by atoms with Crippen molar-refractivity contribution < 1.29 is 9.15 Å². The van der Waals surface area contributed by atoms with Crippen molar-refractivity contribution in [2.45, 2.75) is 37.1 Å². The Balaban J connectivity index is 2.04. The van der Waals surface area contributed by atoms with Gasteiger partial charge in [-0.2, -0.15) is 5.26 Å². The zero-order chi connectivity index (χ0) is 16.7. The Morgan fingerprint density at radius 1 is 1.21 bits per heavy atom. The fourth-order valence-electron chi connectivity index (χ4n) is 3.94. The summed E-state index contributed by atoms with van der Waals surface area (Å²) in [6.45, 7) is 0. The molecule has 4 rings (SSSR count). The minimum Gasteiger partial charge on any atom is -0.493 e. The van der Waals surface area contributed by atoms with Crippen LogP contribution < -0.4 is 10.5 Å². The molecule has 122 valence electrons. The van der Waals surface area contributed by atoms with E-state index >= 15 is 0 Å². The quantitative estimate of drug-likeness (QED) is 0.766. The molecule has 2 aromatic carbocycles. The fourth-order valence-corrected chi connectivity index (χ4v) is 3.94. The van der Waals surface area contributed by atoms with Crippen LogP contribution in [-0.2, 0) is 5.41 Å². The number of nitriles is 1. The van der Waals surface area contributed by atoms with E-state index in [0.717, 1.165) is 53.2 Å². The lowest BCUT2D eigenvalue weighted by molar-refractivity contribution is 0.333. The molecule has 4 nitrogen and oxygen atoms in total. The number of methoxy groups -OCH3 is 1. The zero-order valence-electron chi connectivity index (χ0n) is 13.7. The molecule has 3 aromatic rings. The van der Waals surface area contributed by atoms with Crippen molar-refractivity contribution in [3.8, 4) is 11.8 Å². The summed E-state index contributed by atoms with van der Waals surface area (Å²) < 4.78 is 11.5. The number of nitrogens with zero attached hydrogens (tertiary/aromatic N) is 1. The third kappa shape index (κ3) is 2.09. The molecule has 0 unspecified atom stereocenters. The number of furan rings is 1. The van der Waals surface area contributed by atoms with Gasteiger partial charge in [0.2, 0.25) is 0 Å². The van der Waals surface area contributed by atoms with Gasteiger partial charge in [0.25, 0.3) is 0 Å². The van der Waals surface area contributed by atoms with Crippen molar-refractivity contribution in [2.75, 3.05) is 7.11 Å². The van der Waals surface area contributed by atoms with Gasteiger partial charge in [-0.1, -0.05) is 24.3 Å². The highest BCUT2D eigenvalue weighted by Crippen LogP contribution is 2.46. The Morgan fingerprint density at radius 3 is 2.67 bits per heavy atom. The first-order chi connectivity index (χ1) is 11.7. The van der Waals surface area contributed by atoms with Gasteiger partial charge in [0.1, 0.15) is 5.58 Å². The highest BCUT2D eigenvalue weighted by atomic mass is 16.5. The Kier molecular flexibility index (Phi) is 3.47. The van der Waals surface area contributed by atoms with Crippen molar-refractivity contribution in [1.29, 1.82) is 5.26 Å². The summed E-state index contributed by atoms with van der Waals surface area (Å²) in [5.41, 5.74) is 8.14. The molecule has 1 aromatic heterocycles. The molecular weight excluding hydrogens is 300 g/mol. The lowest BCUT2D eigenvalue weighted by atomic mass is 9.68. The van der Waals surface area contributed by atoms with E-state index in [9.17, 15) is 5.26 Å². The SMILES string of the molecule is COc1ccc(C2(C#N)CCC(N)CC2)c2c1oc1ccccc12. The van der Waals surface area contributed by atoms with E-state index in [1.807, 2.05) is 36.4 Å². The van der Waals surface area contributed by atoms with Crippen molar-refractivity contribution in [2.24, 2.45) is 5.73 Å². The molecule has 0 spiro atoms. The number of ether oxygens (including phenoxy) is 1. The molecule has 0 atom stereocenters. The van der Waals surface area contributed by atoms with Crippen LogP contribution in [0.5, 0.6) is 5.75 Å². The smallest absolute Gasteiger partial charge is 0.177 e. The molecule has 4 heteroatoms. The Hall–Kier alpha value is -2.51. The maximum atomic E-state index is 10.0. The summed E-state index contributed by atoms with van der Waals surface area (Å²) in [6, 6.07) is 14.7. The van der Waals surface area contributed by atoms with E-state index in [2.05, 4.69) is 6.07 Å². The summed E-state index contributed by atoms with van der Waals surface area (Å²) in [5, 5.41) is 12.1. The van der Waals surface area contributed by atoms with E-state index in [1.165, 1.54) is 0 Å². The molecule has 2 N–H and O–H groups in total. The summed E-state index contributed by atoms with van der Waals surface area (Å²) in [5.74, 6) is 0.700. The van der Waals surface area contributed by atoms with E-state index in [1.54, 1.807) is 7.11 Å². The molecule has 0 amide bonds. The monoisotopic (exact) mass is 320 g/mol. The van der Waals surface area contributed by atoms with E-state index in [4.69, 9.17) is 14.9 Å². The molecule has 1 saturated carbocycles. The molecule has 0 aliphatic heterocycles. The summed E-state index contributed by atoms with van der Waals surface area (Å²) >= 11 is 0. The minimum atomic E-state index is -0.507. The van der Waals surface area contributed by atoms with E-state index < -0.39 is 5.41 Å². The molecule has 1 aliphatic carbocycles. The second-order valence-corrected chi connectivity index (χ2v) is 6.65. The molecular formula is C20H20N2O2. The number of benzene rings is 2. The summed E-state index contributed by atoms with van der Waals surface area (Å²) in [7, 11) is 1.64. The number of nitrogens with two attached hydrogens (primary N) is 1. The van der Waals surface area contributed by atoms with Crippen molar-refractivity contribution in [1.82, 2.24) is 0 Å². The van der Waals surface area contributed by atoms with Gasteiger partial charge in [-0.3, -0.25) is 0 Å². The number of fused-ring (bicyclic) bond motifs is 3. The molecule has 0 bridgehead atoms. The number of hydrogen-bond acceptors (Lipinski definition) is 4. The summed E-state index contributed by atoms with van der Waals surface area (Å²) in [6.07, 6.45) is 3.31. The topological polar surface area (TPSA) is 72.2 Å². The van der Waals surface area contributed by atoms with Crippen molar-refractivity contribution >= 4 is 21.9 Å². The number of hydrogen-bond donors (Lipinski definition) is 1. The average Bonchev–Trinajstić information content (AvgIpc) is 3.02. The third-order valence-electron chi connectivity index (χ3n) is 5.32. The van der Waals surface area contributed by atoms with Crippen LogP contribution in [0.1, 0.15) is 31.2 Å². The number of para-hydroxylation sites is 1. The first-order valence-corrected chi connectivity index (χ1v) is 8.34. The zero-order valence-corrected chi connectivity index (χ0v) is 13.7. The molecule has 24 heavy (non-hydrogen) atoms. The maximum absolute atomic E-state index is 10.0. The van der Waals surface area contributed by atoms with Crippen LogP contribution >= 0.6 is 0 Å². The third-order valence-corrected chi connectivity index (χ3v) is 5.32. The second-order valence-electron chi connectivity index (χ2n) is 6.65. The Labute approximate surface area is 140 Å². The maximum Gasteiger partial charge on any atom is 0.177 e. The van der Waals surface area contributed by atoms with Gasteiger partial charge in [-0.25, -0.2) is 0 Å². The van der Waals surface area contributed by atoms with E-state index in [0.29, 0.717) is 5.75 Å². The Morgan fingerprint density at radius 2 is 1.96 bits per heavy atom. The van der Waals surface area contributed by atoms with Gasteiger partial charge in [0.05, 0.1) is 18.6 Å². The van der Waals surface area contributed by atoms with Gasteiger partial charge in [0.15, 0.2) is 11.3 Å². The average molecular weight is 320 g/mol. The highest BCUT2D eigenvalue weighted by molar-refractivity contribution is 6.09. The molecule has 0 radical (unpaired) electrons. The van der Waals surface area contributed by atoms with Gasteiger partial charge in [-0.15, -0.1) is 0 Å². The van der Waals surface area contributed by atoms with Gasteiger partial charge >= 0.3 is 0 Å². The lowest BCUT2D eigenvalue weighted by Gasteiger charge is -2.34.